The van der Waals surface area contributed by atoms with Gasteiger partial charge in [0.1, 0.15) is 18.1 Å². The second-order valence-corrected chi connectivity index (χ2v) is 3.85. The van der Waals surface area contributed by atoms with Gasteiger partial charge in [-0.25, -0.2) is 0 Å². The molecule has 1 aromatic rings. The minimum Gasteiger partial charge on any atom is -0.497 e. The Labute approximate surface area is 95.3 Å². The van der Waals surface area contributed by atoms with Crippen molar-refractivity contribution in [3.8, 4) is 11.5 Å². The molecule has 16 heavy (non-hydrogen) atoms. The molecule has 1 saturated heterocycles. The Balaban J connectivity index is 1.93. The standard InChI is InChI=1S/C12H17NO3/c1-14-9-4-5-12(11(13)7-9)16-8-10-3-2-6-15-10/h4-5,7,10H,2-3,6,8,13H2,1H3. The number of rotatable bonds is 4. The third kappa shape index (κ3) is 2.58. The predicted molar refractivity (Wildman–Crippen MR) is 61.9 cm³/mol. The van der Waals surface area contributed by atoms with Crippen LogP contribution in [0.4, 0.5) is 5.69 Å². The maximum Gasteiger partial charge on any atom is 0.142 e. The van der Waals surface area contributed by atoms with Gasteiger partial charge in [0.2, 0.25) is 0 Å². The highest BCUT2D eigenvalue weighted by molar-refractivity contribution is 5.56. The second kappa shape index (κ2) is 5.07. The summed E-state index contributed by atoms with van der Waals surface area (Å²) in [5.74, 6) is 1.43. The number of anilines is 1. The third-order valence-corrected chi connectivity index (χ3v) is 2.67. The first-order chi connectivity index (χ1) is 7.79. The summed E-state index contributed by atoms with van der Waals surface area (Å²) in [6, 6.07) is 5.41. The first-order valence-corrected chi connectivity index (χ1v) is 5.47. The summed E-state index contributed by atoms with van der Waals surface area (Å²) in [4.78, 5) is 0. The Morgan fingerprint density at radius 1 is 1.50 bits per heavy atom. The molecule has 0 saturated carbocycles. The molecule has 4 nitrogen and oxygen atoms in total. The quantitative estimate of drug-likeness (QED) is 0.791. The summed E-state index contributed by atoms with van der Waals surface area (Å²) < 4.78 is 16.2. The fourth-order valence-corrected chi connectivity index (χ4v) is 1.74. The van der Waals surface area contributed by atoms with Crippen LogP contribution in [0.1, 0.15) is 12.8 Å². The molecule has 1 fully saturated rings. The van der Waals surface area contributed by atoms with Gasteiger partial charge >= 0.3 is 0 Å². The molecule has 1 atom stereocenters. The van der Waals surface area contributed by atoms with E-state index in [2.05, 4.69) is 0 Å². The van der Waals surface area contributed by atoms with Crippen LogP contribution in [0.3, 0.4) is 0 Å². The molecular formula is C12H17NO3. The van der Waals surface area contributed by atoms with Gasteiger partial charge < -0.3 is 19.9 Å². The first kappa shape index (κ1) is 11.1. The van der Waals surface area contributed by atoms with Crippen LogP contribution in [-0.2, 0) is 4.74 Å². The Morgan fingerprint density at radius 3 is 3.00 bits per heavy atom. The van der Waals surface area contributed by atoms with Gasteiger partial charge in [0.15, 0.2) is 0 Å². The largest absolute Gasteiger partial charge is 0.497 e. The van der Waals surface area contributed by atoms with E-state index in [1.54, 1.807) is 13.2 Å². The van der Waals surface area contributed by atoms with Crippen molar-refractivity contribution in [3.05, 3.63) is 18.2 Å². The summed E-state index contributed by atoms with van der Waals surface area (Å²) in [6.45, 7) is 1.41. The lowest BCUT2D eigenvalue weighted by molar-refractivity contribution is 0.0682. The minimum atomic E-state index is 0.210. The zero-order chi connectivity index (χ0) is 11.4. The van der Waals surface area contributed by atoms with Crippen LogP contribution >= 0.6 is 0 Å². The fourth-order valence-electron chi connectivity index (χ4n) is 1.74. The zero-order valence-corrected chi connectivity index (χ0v) is 9.44. The van der Waals surface area contributed by atoms with Gasteiger partial charge in [-0.3, -0.25) is 0 Å². The average Bonchev–Trinajstić information content (AvgIpc) is 2.80. The van der Waals surface area contributed by atoms with Crippen LogP contribution in [0.25, 0.3) is 0 Å². The molecule has 0 radical (unpaired) electrons. The van der Waals surface area contributed by atoms with Crippen molar-refractivity contribution in [2.75, 3.05) is 26.1 Å². The van der Waals surface area contributed by atoms with Crippen molar-refractivity contribution in [3.63, 3.8) is 0 Å². The van der Waals surface area contributed by atoms with E-state index in [0.717, 1.165) is 25.2 Å². The molecule has 1 aliphatic heterocycles. The molecule has 4 heteroatoms. The van der Waals surface area contributed by atoms with Gasteiger partial charge in [-0.2, -0.15) is 0 Å². The highest BCUT2D eigenvalue weighted by Gasteiger charge is 2.16. The van der Waals surface area contributed by atoms with E-state index in [9.17, 15) is 0 Å². The fraction of sp³-hybridized carbons (Fsp3) is 0.500. The maximum atomic E-state index is 5.84. The van der Waals surface area contributed by atoms with Crippen molar-refractivity contribution >= 4 is 5.69 Å². The first-order valence-electron chi connectivity index (χ1n) is 5.47. The van der Waals surface area contributed by atoms with Gasteiger partial charge in [-0.15, -0.1) is 0 Å². The predicted octanol–water partition coefficient (Wildman–Crippen LogP) is 1.84. The smallest absolute Gasteiger partial charge is 0.142 e. The summed E-state index contributed by atoms with van der Waals surface area (Å²) >= 11 is 0. The lowest BCUT2D eigenvalue weighted by Crippen LogP contribution is -2.16. The van der Waals surface area contributed by atoms with Crippen molar-refractivity contribution in [1.29, 1.82) is 0 Å². The molecule has 1 aromatic carbocycles. The lowest BCUT2D eigenvalue weighted by atomic mass is 10.2. The Morgan fingerprint density at radius 2 is 2.38 bits per heavy atom. The molecular weight excluding hydrogens is 206 g/mol. The number of ether oxygens (including phenoxy) is 3. The number of nitrogen functional groups attached to an aromatic ring is 1. The van der Waals surface area contributed by atoms with Gasteiger partial charge in [0.05, 0.1) is 18.9 Å². The Kier molecular flexibility index (Phi) is 3.51. The molecule has 0 aromatic heterocycles. The maximum absolute atomic E-state index is 5.84. The van der Waals surface area contributed by atoms with Crippen LogP contribution in [0.5, 0.6) is 11.5 Å². The summed E-state index contributed by atoms with van der Waals surface area (Å²) in [5.41, 5.74) is 6.43. The molecule has 0 spiro atoms. The zero-order valence-electron chi connectivity index (χ0n) is 9.44. The van der Waals surface area contributed by atoms with Crippen LogP contribution < -0.4 is 15.2 Å². The molecule has 0 aliphatic carbocycles. The number of hydrogen-bond acceptors (Lipinski definition) is 4. The normalized spacial score (nSPS) is 19.7. The minimum absolute atomic E-state index is 0.210. The molecule has 0 amide bonds. The summed E-state index contributed by atoms with van der Waals surface area (Å²) in [6.07, 6.45) is 2.39. The van der Waals surface area contributed by atoms with E-state index in [1.165, 1.54) is 0 Å². The van der Waals surface area contributed by atoms with Crippen molar-refractivity contribution in [2.45, 2.75) is 18.9 Å². The third-order valence-electron chi connectivity index (χ3n) is 2.67. The number of benzene rings is 1. The van der Waals surface area contributed by atoms with E-state index in [-0.39, 0.29) is 6.10 Å². The Hall–Kier alpha value is -1.42. The highest BCUT2D eigenvalue weighted by atomic mass is 16.5. The average molecular weight is 223 g/mol. The SMILES string of the molecule is COc1ccc(OCC2CCCO2)c(N)c1. The summed E-state index contributed by atoms with van der Waals surface area (Å²) in [5, 5.41) is 0. The Bertz CT molecular complexity index is 348. The van der Waals surface area contributed by atoms with Crippen molar-refractivity contribution in [1.82, 2.24) is 0 Å². The van der Waals surface area contributed by atoms with Crippen LogP contribution in [0.15, 0.2) is 18.2 Å². The molecule has 2 rings (SSSR count). The molecule has 1 heterocycles. The second-order valence-electron chi connectivity index (χ2n) is 3.85. The molecule has 1 unspecified atom stereocenters. The molecule has 0 bridgehead atoms. The van der Waals surface area contributed by atoms with Crippen LogP contribution in [-0.4, -0.2) is 26.4 Å². The van der Waals surface area contributed by atoms with Crippen LogP contribution in [0, 0.1) is 0 Å². The van der Waals surface area contributed by atoms with Gasteiger partial charge in [0, 0.05) is 12.7 Å². The van der Waals surface area contributed by atoms with Crippen molar-refractivity contribution in [2.24, 2.45) is 0 Å². The number of hydrogen-bond donors (Lipinski definition) is 1. The lowest BCUT2D eigenvalue weighted by Gasteiger charge is -2.13. The van der Waals surface area contributed by atoms with Crippen LogP contribution in [0.2, 0.25) is 0 Å². The van der Waals surface area contributed by atoms with Gasteiger partial charge in [-0.05, 0) is 25.0 Å². The topological polar surface area (TPSA) is 53.7 Å². The highest BCUT2D eigenvalue weighted by Crippen LogP contribution is 2.26. The molecule has 88 valence electrons. The van der Waals surface area contributed by atoms with E-state index in [1.807, 2.05) is 12.1 Å². The summed E-state index contributed by atoms with van der Waals surface area (Å²) in [7, 11) is 1.61. The number of nitrogens with two attached hydrogens (primary N) is 1. The van der Waals surface area contributed by atoms with Gasteiger partial charge in [-0.1, -0.05) is 0 Å². The van der Waals surface area contributed by atoms with Crippen molar-refractivity contribution < 1.29 is 14.2 Å². The van der Waals surface area contributed by atoms with E-state index < -0.39 is 0 Å². The molecule has 2 N–H and O–H groups in total. The number of methoxy groups -OCH3 is 1. The van der Waals surface area contributed by atoms with E-state index >= 15 is 0 Å². The van der Waals surface area contributed by atoms with E-state index in [0.29, 0.717) is 18.0 Å². The van der Waals surface area contributed by atoms with E-state index in [4.69, 9.17) is 19.9 Å². The monoisotopic (exact) mass is 223 g/mol. The van der Waals surface area contributed by atoms with Gasteiger partial charge in [0.25, 0.3) is 0 Å². The molecule has 1 aliphatic rings.